The van der Waals surface area contributed by atoms with E-state index in [1.165, 1.54) is 47.4 Å². The minimum absolute atomic E-state index is 0.0700. The fraction of sp³-hybridized carbons (Fsp3) is 0.107. The molecule has 0 atom stereocenters. The lowest BCUT2D eigenvalue weighted by Gasteiger charge is -2.09. The molecule has 39 heavy (non-hydrogen) atoms. The van der Waals surface area contributed by atoms with Gasteiger partial charge in [-0.2, -0.15) is 0 Å². The molecule has 2 N–H and O–H groups in total. The van der Waals surface area contributed by atoms with Gasteiger partial charge in [0.1, 0.15) is 10.6 Å². The number of benzene rings is 3. The molecule has 0 aliphatic heterocycles. The molecule has 9 nitrogen and oxygen atoms in total. The van der Waals surface area contributed by atoms with Gasteiger partial charge in [0.25, 0.3) is 11.6 Å². The van der Waals surface area contributed by atoms with Gasteiger partial charge in [-0.05, 0) is 42.8 Å². The Bertz CT molecular complexity index is 1500. The van der Waals surface area contributed by atoms with Gasteiger partial charge in [0.2, 0.25) is 5.91 Å². The van der Waals surface area contributed by atoms with Crippen molar-refractivity contribution in [2.45, 2.75) is 11.8 Å². The first-order chi connectivity index (χ1) is 18.9. The van der Waals surface area contributed by atoms with E-state index >= 15 is 0 Å². The summed E-state index contributed by atoms with van der Waals surface area (Å²) in [6.07, 6.45) is 0. The fourth-order valence-electron chi connectivity index (χ4n) is 3.60. The second kappa shape index (κ2) is 12.9. The highest BCUT2D eigenvalue weighted by molar-refractivity contribution is 8.00. The first kappa shape index (κ1) is 27.6. The first-order valence-electron chi connectivity index (χ1n) is 11.8. The van der Waals surface area contributed by atoms with Crippen LogP contribution in [0.2, 0.25) is 0 Å². The van der Waals surface area contributed by atoms with Crippen molar-refractivity contribution in [1.29, 1.82) is 0 Å². The summed E-state index contributed by atoms with van der Waals surface area (Å²) in [4.78, 5) is 49.1. The van der Waals surface area contributed by atoms with Crippen molar-refractivity contribution < 1.29 is 24.0 Å². The van der Waals surface area contributed by atoms with Gasteiger partial charge in [-0.3, -0.25) is 19.7 Å². The number of hydrogen-bond donors (Lipinski definition) is 2. The molecule has 0 aliphatic rings. The lowest BCUT2D eigenvalue weighted by Crippen LogP contribution is -2.16. The molecule has 0 radical (unpaired) electrons. The number of thioether (sulfide) groups is 1. The van der Waals surface area contributed by atoms with Crippen LogP contribution in [0.4, 0.5) is 16.4 Å². The Hall–Kier alpha value is -4.48. The minimum Gasteiger partial charge on any atom is -0.462 e. The van der Waals surface area contributed by atoms with Crippen molar-refractivity contribution in [3.63, 3.8) is 0 Å². The minimum atomic E-state index is -0.531. The number of carbonyl (C=O) groups is 3. The lowest BCUT2D eigenvalue weighted by atomic mass is 10.0. The average molecular weight is 562 g/mol. The zero-order valence-electron chi connectivity index (χ0n) is 20.7. The Kier molecular flexibility index (Phi) is 9.08. The quantitative estimate of drug-likeness (QED) is 0.0981. The Balaban J connectivity index is 1.40. The van der Waals surface area contributed by atoms with E-state index in [9.17, 15) is 24.5 Å². The van der Waals surface area contributed by atoms with Crippen LogP contribution in [0.25, 0.3) is 11.1 Å². The second-order valence-electron chi connectivity index (χ2n) is 8.06. The summed E-state index contributed by atoms with van der Waals surface area (Å²) in [5.74, 6) is -1.15. The fourth-order valence-corrected chi connectivity index (χ4v) is 5.33. The van der Waals surface area contributed by atoms with E-state index in [-0.39, 0.29) is 29.5 Å². The highest BCUT2D eigenvalue weighted by Crippen LogP contribution is 2.36. The van der Waals surface area contributed by atoms with Crippen LogP contribution in [0, 0.1) is 10.1 Å². The molecule has 1 aromatic heterocycles. The summed E-state index contributed by atoms with van der Waals surface area (Å²) in [7, 11) is 0. The summed E-state index contributed by atoms with van der Waals surface area (Å²) in [6.45, 7) is 1.94. The van der Waals surface area contributed by atoms with E-state index in [4.69, 9.17) is 4.74 Å². The maximum Gasteiger partial charge on any atom is 0.341 e. The Morgan fingerprint density at radius 2 is 1.72 bits per heavy atom. The summed E-state index contributed by atoms with van der Waals surface area (Å²) in [5, 5.41) is 18.6. The van der Waals surface area contributed by atoms with Crippen molar-refractivity contribution in [3.8, 4) is 11.1 Å². The van der Waals surface area contributed by atoms with Crippen molar-refractivity contribution in [3.05, 3.63) is 105 Å². The molecular weight excluding hydrogens is 538 g/mol. The molecule has 198 valence electrons. The molecule has 0 bridgehead atoms. The Morgan fingerprint density at radius 3 is 2.41 bits per heavy atom. The van der Waals surface area contributed by atoms with Crippen LogP contribution >= 0.6 is 23.1 Å². The number of nitrogens with zero attached hydrogens (tertiary/aromatic N) is 1. The number of amides is 2. The summed E-state index contributed by atoms with van der Waals surface area (Å²) in [6, 6.07) is 21.7. The number of non-ortho nitro benzene ring substituents is 1. The van der Waals surface area contributed by atoms with Gasteiger partial charge in [0, 0.05) is 39.2 Å². The Labute approximate surface area is 232 Å². The van der Waals surface area contributed by atoms with Gasteiger partial charge in [0.05, 0.1) is 17.3 Å². The zero-order chi connectivity index (χ0) is 27.8. The third-order valence-electron chi connectivity index (χ3n) is 5.41. The van der Waals surface area contributed by atoms with E-state index in [1.807, 2.05) is 41.8 Å². The monoisotopic (exact) mass is 561 g/mol. The molecule has 4 rings (SSSR count). The summed E-state index contributed by atoms with van der Waals surface area (Å²) in [5.41, 5.74) is 2.55. The van der Waals surface area contributed by atoms with Gasteiger partial charge >= 0.3 is 5.97 Å². The molecular formula is C28H23N3O6S2. The number of nitro benzene ring substituents is 1. The molecule has 3 aromatic carbocycles. The number of esters is 1. The van der Waals surface area contributed by atoms with Crippen LogP contribution in [-0.2, 0) is 9.53 Å². The predicted octanol–water partition coefficient (Wildman–Crippen LogP) is 6.48. The molecule has 0 saturated heterocycles. The van der Waals surface area contributed by atoms with Gasteiger partial charge in [-0.25, -0.2) is 4.79 Å². The van der Waals surface area contributed by atoms with E-state index in [1.54, 1.807) is 25.1 Å². The van der Waals surface area contributed by atoms with E-state index in [0.717, 1.165) is 10.5 Å². The molecule has 1 heterocycles. The van der Waals surface area contributed by atoms with Crippen LogP contribution in [-0.4, -0.2) is 35.1 Å². The number of carbonyl (C=O) groups excluding carboxylic acids is 3. The molecule has 0 saturated carbocycles. The van der Waals surface area contributed by atoms with Crippen LogP contribution < -0.4 is 10.6 Å². The van der Waals surface area contributed by atoms with Crippen molar-refractivity contribution in [2.75, 3.05) is 23.0 Å². The number of rotatable bonds is 10. The number of ether oxygens (including phenoxy) is 1. The van der Waals surface area contributed by atoms with Gasteiger partial charge in [-0.15, -0.1) is 23.1 Å². The highest BCUT2D eigenvalue weighted by Gasteiger charge is 2.22. The van der Waals surface area contributed by atoms with Crippen molar-refractivity contribution in [2.24, 2.45) is 0 Å². The molecule has 0 aliphatic carbocycles. The lowest BCUT2D eigenvalue weighted by molar-refractivity contribution is -0.384. The SMILES string of the molecule is CCOC(=O)c1c(-c2ccccc2)csc1NC(=O)CSc1cccc(NC(=O)c2ccc([N+](=O)[O-])cc2)c1. The highest BCUT2D eigenvalue weighted by atomic mass is 32.2. The van der Waals surface area contributed by atoms with Gasteiger partial charge < -0.3 is 15.4 Å². The maximum atomic E-state index is 12.8. The summed E-state index contributed by atoms with van der Waals surface area (Å²) >= 11 is 2.53. The van der Waals surface area contributed by atoms with Crippen molar-refractivity contribution in [1.82, 2.24) is 0 Å². The van der Waals surface area contributed by atoms with Crippen LogP contribution in [0.1, 0.15) is 27.6 Å². The normalized spacial score (nSPS) is 10.5. The van der Waals surface area contributed by atoms with Crippen LogP contribution in [0.3, 0.4) is 0 Å². The zero-order valence-corrected chi connectivity index (χ0v) is 22.3. The Morgan fingerprint density at radius 1 is 0.974 bits per heavy atom. The predicted molar refractivity (Wildman–Crippen MR) is 153 cm³/mol. The summed E-state index contributed by atoms with van der Waals surface area (Å²) < 4.78 is 5.24. The topological polar surface area (TPSA) is 128 Å². The molecule has 2 amide bonds. The molecule has 11 heteroatoms. The molecule has 4 aromatic rings. The van der Waals surface area contributed by atoms with E-state index in [0.29, 0.717) is 21.8 Å². The number of anilines is 2. The average Bonchev–Trinajstić information content (AvgIpc) is 3.36. The number of nitro groups is 1. The molecule has 0 fully saturated rings. The van der Waals surface area contributed by atoms with E-state index in [2.05, 4.69) is 10.6 Å². The third-order valence-corrected chi connectivity index (χ3v) is 7.30. The van der Waals surface area contributed by atoms with E-state index < -0.39 is 16.8 Å². The van der Waals surface area contributed by atoms with Crippen LogP contribution in [0.5, 0.6) is 0 Å². The number of hydrogen-bond acceptors (Lipinski definition) is 8. The molecule has 0 spiro atoms. The van der Waals surface area contributed by atoms with Crippen molar-refractivity contribution >= 4 is 57.3 Å². The third kappa shape index (κ3) is 7.09. The van der Waals surface area contributed by atoms with Crippen LogP contribution in [0.15, 0.2) is 89.1 Å². The largest absolute Gasteiger partial charge is 0.462 e. The van der Waals surface area contributed by atoms with Gasteiger partial charge in [0.15, 0.2) is 0 Å². The maximum absolute atomic E-state index is 12.8. The second-order valence-corrected chi connectivity index (χ2v) is 9.99. The van der Waals surface area contributed by atoms with Gasteiger partial charge in [-0.1, -0.05) is 36.4 Å². The smallest absolute Gasteiger partial charge is 0.341 e. The number of nitrogens with one attached hydrogen (secondary N) is 2. The molecule has 0 unspecified atom stereocenters. The number of thiophene rings is 1. The standard InChI is InChI=1S/C28H23N3O6S2/c1-2-37-28(34)25-23(18-7-4-3-5-8-18)16-39-27(25)30-24(32)17-38-22-10-6-9-20(15-22)29-26(33)19-11-13-21(14-12-19)31(35)36/h3-16H,2,17H2,1H3,(H,29,33)(H,30,32). The first-order valence-corrected chi connectivity index (χ1v) is 13.6.